The average molecular weight is 291 g/mol. The quantitative estimate of drug-likeness (QED) is 0.820. The van der Waals surface area contributed by atoms with Crippen LogP contribution in [0.25, 0.3) is 0 Å². The SMILES string of the molecule is COc1ccc(CN2CCC(C(C)(C)C)C2)cc1B(O)O. The molecule has 1 unspecified atom stereocenters. The lowest BCUT2D eigenvalue weighted by atomic mass is 9.78. The molecule has 0 spiro atoms. The lowest BCUT2D eigenvalue weighted by Gasteiger charge is -2.27. The Kier molecular flexibility index (Phi) is 4.97. The van der Waals surface area contributed by atoms with E-state index in [1.807, 2.05) is 12.1 Å². The molecule has 1 heterocycles. The predicted molar refractivity (Wildman–Crippen MR) is 85.7 cm³/mol. The van der Waals surface area contributed by atoms with Crippen LogP contribution >= 0.6 is 0 Å². The molecule has 0 aromatic heterocycles. The van der Waals surface area contributed by atoms with Crippen molar-refractivity contribution in [3.05, 3.63) is 23.8 Å². The van der Waals surface area contributed by atoms with Crippen molar-refractivity contribution in [1.82, 2.24) is 4.90 Å². The summed E-state index contributed by atoms with van der Waals surface area (Å²) in [5.41, 5.74) is 1.87. The molecule has 0 radical (unpaired) electrons. The van der Waals surface area contributed by atoms with E-state index in [0.29, 0.717) is 16.6 Å². The van der Waals surface area contributed by atoms with Crippen molar-refractivity contribution >= 4 is 12.6 Å². The van der Waals surface area contributed by atoms with Gasteiger partial charge in [0.15, 0.2) is 0 Å². The Morgan fingerprint density at radius 2 is 2.05 bits per heavy atom. The maximum atomic E-state index is 9.43. The molecule has 1 aromatic rings. The van der Waals surface area contributed by atoms with E-state index in [4.69, 9.17) is 4.74 Å². The number of methoxy groups -OCH3 is 1. The molecule has 1 fully saturated rings. The van der Waals surface area contributed by atoms with E-state index in [2.05, 4.69) is 25.7 Å². The van der Waals surface area contributed by atoms with Crippen LogP contribution in [-0.4, -0.2) is 42.3 Å². The van der Waals surface area contributed by atoms with E-state index in [9.17, 15) is 10.0 Å². The number of likely N-dealkylation sites (tertiary alicyclic amines) is 1. The fraction of sp³-hybridized carbons (Fsp3) is 0.625. The number of benzene rings is 1. The summed E-state index contributed by atoms with van der Waals surface area (Å²) in [4.78, 5) is 2.44. The van der Waals surface area contributed by atoms with Gasteiger partial charge < -0.3 is 14.8 Å². The summed E-state index contributed by atoms with van der Waals surface area (Å²) in [7, 11) is 0.0377. The van der Waals surface area contributed by atoms with Gasteiger partial charge in [-0.2, -0.15) is 0 Å². The molecule has 1 atom stereocenters. The Morgan fingerprint density at radius 1 is 1.33 bits per heavy atom. The Morgan fingerprint density at radius 3 is 2.57 bits per heavy atom. The van der Waals surface area contributed by atoms with Gasteiger partial charge in [0.05, 0.1) is 7.11 Å². The number of hydrogen-bond donors (Lipinski definition) is 2. The molecule has 2 rings (SSSR count). The van der Waals surface area contributed by atoms with Gasteiger partial charge in [0, 0.05) is 18.6 Å². The summed E-state index contributed by atoms with van der Waals surface area (Å²) in [5.74, 6) is 1.24. The first kappa shape index (κ1) is 16.3. The zero-order valence-corrected chi connectivity index (χ0v) is 13.5. The Balaban J connectivity index is 2.06. The van der Waals surface area contributed by atoms with Crippen LogP contribution in [0.4, 0.5) is 0 Å². The first-order valence-corrected chi connectivity index (χ1v) is 7.56. The third-order valence-electron chi connectivity index (χ3n) is 4.48. The van der Waals surface area contributed by atoms with Crippen molar-refractivity contribution < 1.29 is 14.8 Å². The van der Waals surface area contributed by atoms with Crippen LogP contribution in [0.5, 0.6) is 5.75 Å². The molecule has 4 nitrogen and oxygen atoms in total. The lowest BCUT2D eigenvalue weighted by Crippen LogP contribution is -2.32. The van der Waals surface area contributed by atoms with E-state index in [-0.39, 0.29) is 0 Å². The first-order chi connectivity index (χ1) is 9.81. The van der Waals surface area contributed by atoms with Crippen LogP contribution in [0.3, 0.4) is 0 Å². The van der Waals surface area contributed by atoms with Gasteiger partial charge in [-0.3, -0.25) is 4.90 Å². The summed E-state index contributed by atoms with van der Waals surface area (Å²) >= 11 is 0. The van der Waals surface area contributed by atoms with E-state index in [1.165, 1.54) is 13.5 Å². The maximum Gasteiger partial charge on any atom is 0.492 e. The standard InChI is InChI=1S/C16H26BNO3/c1-16(2,3)13-7-8-18(11-13)10-12-5-6-15(21-4)14(9-12)17(19)20/h5-6,9,13,19-20H,7-8,10-11H2,1-4H3. The highest BCUT2D eigenvalue weighted by molar-refractivity contribution is 6.59. The maximum absolute atomic E-state index is 9.43. The van der Waals surface area contributed by atoms with E-state index >= 15 is 0 Å². The summed E-state index contributed by atoms with van der Waals surface area (Å²) in [5, 5.41) is 18.9. The minimum Gasteiger partial charge on any atom is -0.497 e. The van der Waals surface area contributed by atoms with E-state index in [0.717, 1.165) is 31.1 Å². The lowest BCUT2D eigenvalue weighted by molar-refractivity contribution is 0.226. The number of ether oxygens (including phenoxy) is 1. The predicted octanol–water partition coefficient (Wildman–Crippen LogP) is 1.24. The van der Waals surface area contributed by atoms with Gasteiger partial charge in [0.25, 0.3) is 0 Å². The van der Waals surface area contributed by atoms with Gasteiger partial charge in [-0.1, -0.05) is 32.9 Å². The van der Waals surface area contributed by atoms with Crippen LogP contribution in [0.1, 0.15) is 32.8 Å². The number of nitrogens with zero attached hydrogens (tertiary/aromatic N) is 1. The Bertz CT molecular complexity index is 485. The molecule has 1 aromatic carbocycles. The second-order valence-electron chi connectivity index (χ2n) is 7.04. The largest absolute Gasteiger partial charge is 0.497 e. The van der Waals surface area contributed by atoms with Gasteiger partial charge in [-0.05, 0) is 35.9 Å². The topological polar surface area (TPSA) is 52.9 Å². The van der Waals surface area contributed by atoms with Gasteiger partial charge >= 0.3 is 7.12 Å². The monoisotopic (exact) mass is 291 g/mol. The normalized spacial score (nSPS) is 19.8. The second-order valence-corrected chi connectivity index (χ2v) is 7.04. The van der Waals surface area contributed by atoms with E-state index in [1.54, 1.807) is 6.07 Å². The van der Waals surface area contributed by atoms with Gasteiger partial charge in [-0.25, -0.2) is 0 Å². The minimum atomic E-state index is -1.50. The molecule has 1 aliphatic rings. The smallest absolute Gasteiger partial charge is 0.492 e. The van der Waals surface area contributed by atoms with Crippen LogP contribution in [-0.2, 0) is 6.54 Å². The van der Waals surface area contributed by atoms with Crippen LogP contribution in [0.2, 0.25) is 0 Å². The number of hydrogen-bond acceptors (Lipinski definition) is 4. The van der Waals surface area contributed by atoms with Crippen molar-refractivity contribution in [3.8, 4) is 5.75 Å². The molecular weight excluding hydrogens is 265 g/mol. The summed E-state index contributed by atoms with van der Waals surface area (Å²) in [6, 6.07) is 5.63. The zero-order chi connectivity index (χ0) is 15.6. The van der Waals surface area contributed by atoms with Crippen molar-refractivity contribution in [1.29, 1.82) is 0 Å². The molecular formula is C16H26BNO3. The molecule has 1 aliphatic heterocycles. The van der Waals surface area contributed by atoms with E-state index < -0.39 is 7.12 Å². The molecule has 116 valence electrons. The first-order valence-electron chi connectivity index (χ1n) is 7.56. The van der Waals surface area contributed by atoms with Crippen molar-refractivity contribution in [2.24, 2.45) is 11.3 Å². The molecule has 0 aliphatic carbocycles. The summed E-state index contributed by atoms with van der Waals surface area (Å²) in [6.07, 6.45) is 1.23. The van der Waals surface area contributed by atoms with Crippen molar-refractivity contribution in [3.63, 3.8) is 0 Å². The fourth-order valence-corrected chi connectivity index (χ4v) is 3.03. The third kappa shape index (κ3) is 3.99. The molecule has 2 N–H and O–H groups in total. The summed E-state index contributed by atoms with van der Waals surface area (Å²) in [6.45, 7) is 9.95. The van der Waals surface area contributed by atoms with Crippen LogP contribution < -0.4 is 10.2 Å². The molecule has 5 heteroatoms. The fourth-order valence-electron chi connectivity index (χ4n) is 3.03. The second kappa shape index (κ2) is 6.38. The number of rotatable bonds is 4. The van der Waals surface area contributed by atoms with Crippen molar-refractivity contribution in [2.45, 2.75) is 33.7 Å². The molecule has 21 heavy (non-hydrogen) atoms. The van der Waals surface area contributed by atoms with Gasteiger partial charge in [0.1, 0.15) is 5.75 Å². The molecule has 0 saturated carbocycles. The highest BCUT2D eigenvalue weighted by atomic mass is 16.5. The third-order valence-corrected chi connectivity index (χ3v) is 4.48. The Labute approximate surface area is 127 Å². The highest BCUT2D eigenvalue weighted by Crippen LogP contribution is 2.34. The molecule has 0 bridgehead atoms. The Hall–Kier alpha value is -1.04. The van der Waals surface area contributed by atoms with Crippen molar-refractivity contribution in [2.75, 3.05) is 20.2 Å². The van der Waals surface area contributed by atoms with Gasteiger partial charge in [0.2, 0.25) is 0 Å². The highest BCUT2D eigenvalue weighted by Gasteiger charge is 2.31. The van der Waals surface area contributed by atoms with Crippen LogP contribution in [0, 0.1) is 11.3 Å². The molecule has 1 saturated heterocycles. The minimum absolute atomic E-state index is 0.348. The average Bonchev–Trinajstić information content (AvgIpc) is 2.87. The molecule has 0 amide bonds. The summed E-state index contributed by atoms with van der Waals surface area (Å²) < 4.78 is 5.16. The van der Waals surface area contributed by atoms with Crippen LogP contribution in [0.15, 0.2) is 18.2 Å². The zero-order valence-electron chi connectivity index (χ0n) is 13.5. The van der Waals surface area contributed by atoms with Gasteiger partial charge in [-0.15, -0.1) is 0 Å².